The fourth-order valence-electron chi connectivity index (χ4n) is 1.10. The van der Waals surface area contributed by atoms with Gasteiger partial charge < -0.3 is 4.74 Å². The van der Waals surface area contributed by atoms with E-state index in [9.17, 15) is 18.0 Å². The summed E-state index contributed by atoms with van der Waals surface area (Å²) in [5.74, 6) is -0.827. The molecule has 0 aliphatic heterocycles. The molecule has 0 unspecified atom stereocenters. The lowest BCUT2D eigenvalue weighted by Crippen LogP contribution is -2.18. The summed E-state index contributed by atoms with van der Waals surface area (Å²) in [6, 6.07) is 5.31. The molecule has 0 saturated carbocycles. The van der Waals surface area contributed by atoms with E-state index in [-0.39, 0.29) is 17.8 Å². The summed E-state index contributed by atoms with van der Waals surface area (Å²) in [7, 11) is 0. The van der Waals surface area contributed by atoms with E-state index >= 15 is 0 Å². The normalized spacial score (nSPS) is 11.2. The van der Waals surface area contributed by atoms with Gasteiger partial charge in [-0.05, 0) is 12.1 Å². The summed E-state index contributed by atoms with van der Waals surface area (Å²) in [5, 5.41) is 0. The highest BCUT2D eigenvalue weighted by Gasteiger charge is 2.32. The Labute approximate surface area is 84.7 Å². The molecule has 1 rings (SSSR count). The van der Waals surface area contributed by atoms with Gasteiger partial charge in [0.2, 0.25) is 0 Å². The first kappa shape index (κ1) is 11.6. The summed E-state index contributed by atoms with van der Waals surface area (Å²) in [6.07, 6.45) is -4.64. The molecule has 0 bridgehead atoms. The predicted molar refractivity (Wildman–Crippen MR) is 47.7 cm³/mol. The van der Waals surface area contributed by atoms with Gasteiger partial charge in [0.05, 0.1) is 5.56 Å². The Morgan fingerprint density at radius 2 is 1.93 bits per heavy atom. The summed E-state index contributed by atoms with van der Waals surface area (Å²) in [5.41, 5.74) is -0.0441. The summed E-state index contributed by atoms with van der Waals surface area (Å²) in [6.45, 7) is 1.58. The quantitative estimate of drug-likeness (QED) is 0.728. The topological polar surface area (TPSA) is 26.3 Å². The molecule has 15 heavy (non-hydrogen) atoms. The Morgan fingerprint density at radius 3 is 2.47 bits per heavy atom. The minimum atomic E-state index is -4.77. The molecule has 0 spiro atoms. The van der Waals surface area contributed by atoms with E-state index in [1.165, 1.54) is 18.2 Å². The van der Waals surface area contributed by atoms with Gasteiger partial charge in [0.1, 0.15) is 5.75 Å². The van der Waals surface area contributed by atoms with Crippen LogP contribution in [0.15, 0.2) is 24.3 Å². The van der Waals surface area contributed by atoms with Gasteiger partial charge in [-0.15, -0.1) is 13.2 Å². The van der Waals surface area contributed by atoms with E-state index in [1.54, 1.807) is 6.92 Å². The maximum atomic E-state index is 12.0. The third-order valence-corrected chi connectivity index (χ3v) is 1.73. The van der Waals surface area contributed by atoms with E-state index in [0.29, 0.717) is 0 Å². The van der Waals surface area contributed by atoms with E-state index < -0.39 is 12.1 Å². The first-order chi connectivity index (χ1) is 6.94. The van der Waals surface area contributed by atoms with Crippen molar-refractivity contribution in [3.05, 3.63) is 29.8 Å². The number of hydrogen-bond acceptors (Lipinski definition) is 2. The zero-order chi connectivity index (χ0) is 11.5. The van der Waals surface area contributed by atoms with Crippen LogP contribution in [0.5, 0.6) is 5.75 Å². The molecule has 0 heterocycles. The van der Waals surface area contributed by atoms with Crippen LogP contribution < -0.4 is 4.74 Å². The molecule has 0 saturated heterocycles. The van der Waals surface area contributed by atoms with Crippen LogP contribution in [-0.2, 0) is 0 Å². The number of alkyl halides is 3. The molecule has 5 heteroatoms. The fraction of sp³-hybridized carbons (Fsp3) is 0.300. The number of ether oxygens (including phenoxy) is 1. The van der Waals surface area contributed by atoms with Gasteiger partial charge in [-0.2, -0.15) is 0 Å². The predicted octanol–water partition coefficient (Wildman–Crippen LogP) is 3.18. The van der Waals surface area contributed by atoms with Crippen LogP contribution >= 0.6 is 0 Å². The second-order valence-corrected chi connectivity index (χ2v) is 2.82. The number of benzene rings is 1. The van der Waals surface area contributed by atoms with Crippen LogP contribution in [0.25, 0.3) is 0 Å². The van der Waals surface area contributed by atoms with Crippen molar-refractivity contribution in [2.24, 2.45) is 0 Å². The van der Waals surface area contributed by atoms with Crippen molar-refractivity contribution in [1.82, 2.24) is 0 Å². The SMILES string of the molecule is CCC(=O)c1ccccc1OC(F)(F)F. The molecule has 0 radical (unpaired) electrons. The molecule has 0 amide bonds. The molecule has 0 atom stereocenters. The van der Waals surface area contributed by atoms with E-state index in [1.807, 2.05) is 0 Å². The Hall–Kier alpha value is -1.52. The van der Waals surface area contributed by atoms with Crippen molar-refractivity contribution in [2.75, 3.05) is 0 Å². The molecular formula is C10H9F3O2. The lowest BCUT2D eigenvalue weighted by Gasteiger charge is -2.11. The third kappa shape index (κ3) is 3.27. The summed E-state index contributed by atoms with van der Waals surface area (Å²) >= 11 is 0. The number of rotatable bonds is 3. The molecule has 0 aliphatic carbocycles. The zero-order valence-electron chi connectivity index (χ0n) is 7.97. The second kappa shape index (κ2) is 4.33. The average molecular weight is 218 g/mol. The summed E-state index contributed by atoms with van der Waals surface area (Å²) < 4.78 is 39.6. The zero-order valence-corrected chi connectivity index (χ0v) is 7.97. The molecule has 82 valence electrons. The fourth-order valence-corrected chi connectivity index (χ4v) is 1.10. The number of halogens is 3. The highest BCUT2D eigenvalue weighted by molar-refractivity contribution is 5.98. The molecule has 0 aliphatic rings. The van der Waals surface area contributed by atoms with E-state index in [0.717, 1.165) is 6.07 Å². The van der Waals surface area contributed by atoms with Gasteiger partial charge in [0.15, 0.2) is 5.78 Å². The van der Waals surface area contributed by atoms with Gasteiger partial charge in [-0.1, -0.05) is 19.1 Å². The average Bonchev–Trinajstić information content (AvgIpc) is 2.15. The Morgan fingerprint density at radius 1 is 1.33 bits per heavy atom. The van der Waals surface area contributed by atoms with Crippen LogP contribution in [0.4, 0.5) is 13.2 Å². The minimum Gasteiger partial charge on any atom is -0.405 e. The Balaban J connectivity index is 3.02. The highest BCUT2D eigenvalue weighted by atomic mass is 19.4. The Bertz CT molecular complexity index is 358. The van der Waals surface area contributed by atoms with Crippen molar-refractivity contribution in [3.63, 3.8) is 0 Å². The van der Waals surface area contributed by atoms with E-state index in [4.69, 9.17) is 0 Å². The maximum Gasteiger partial charge on any atom is 0.573 e. The van der Waals surface area contributed by atoms with Gasteiger partial charge >= 0.3 is 6.36 Å². The van der Waals surface area contributed by atoms with Crippen molar-refractivity contribution in [2.45, 2.75) is 19.7 Å². The Kier molecular flexibility index (Phi) is 3.34. The number of para-hydroxylation sites is 1. The van der Waals surface area contributed by atoms with Crippen LogP contribution in [0.1, 0.15) is 23.7 Å². The van der Waals surface area contributed by atoms with Crippen molar-refractivity contribution in [1.29, 1.82) is 0 Å². The summed E-state index contributed by atoms with van der Waals surface area (Å²) in [4.78, 5) is 11.3. The number of carbonyl (C=O) groups excluding carboxylic acids is 1. The van der Waals surface area contributed by atoms with E-state index in [2.05, 4.69) is 4.74 Å². The van der Waals surface area contributed by atoms with Crippen LogP contribution in [0, 0.1) is 0 Å². The third-order valence-electron chi connectivity index (χ3n) is 1.73. The standard InChI is InChI=1S/C10H9F3O2/c1-2-8(14)7-5-3-4-6-9(7)15-10(11,12)13/h3-6H,2H2,1H3. The minimum absolute atomic E-state index is 0.0441. The van der Waals surface area contributed by atoms with Crippen molar-refractivity contribution >= 4 is 5.78 Å². The maximum absolute atomic E-state index is 12.0. The lowest BCUT2D eigenvalue weighted by atomic mass is 10.1. The molecule has 1 aromatic rings. The van der Waals surface area contributed by atoms with Gasteiger partial charge in [0, 0.05) is 6.42 Å². The van der Waals surface area contributed by atoms with Crippen molar-refractivity contribution in [3.8, 4) is 5.75 Å². The lowest BCUT2D eigenvalue weighted by molar-refractivity contribution is -0.274. The van der Waals surface area contributed by atoms with Crippen LogP contribution in [0.3, 0.4) is 0 Å². The van der Waals surface area contributed by atoms with Gasteiger partial charge in [-0.25, -0.2) is 0 Å². The number of Topliss-reactive ketones (excluding diaryl/α,β-unsaturated/α-hetero) is 1. The van der Waals surface area contributed by atoms with Gasteiger partial charge in [0.25, 0.3) is 0 Å². The highest BCUT2D eigenvalue weighted by Crippen LogP contribution is 2.26. The van der Waals surface area contributed by atoms with Crippen LogP contribution in [0.2, 0.25) is 0 Å². The molecule has 0 aromatic heterocycles. The van der Waals surface area contributed by atoms with Gasteiger partial charge in [-0.3, -0.25) is 4.79 Å². The molecule has 0 fully saturated rings. The number of hydrogen-bond donors (Lipinski definition) is 0. The first-order valence-electron chi connectivity index (χ1n) is 4.32. The second-order valence-electron chi connectivity index (χ2n) is 2.82. The first-order valence-corrected chi connectivity index (χ1v) is 4.32. The number of carbonyl (C=O) groups is 1. The largest absolute Gasteiger partial charge is 0.573 e. The number of ketones is 1. The molecule has 2 nitrogen and oxygen atoms in total. The molecular weight excluding hydrogens is 209 g/mol. The monoisotopic (exact) mass is 218 g/mol. The van der Waals surface area contributed by atoms with Crippen LogP contribution in [-0.4, -0.2) is 12.1 Å². The molecule has 1 aromatic carbocycles. The molecule has 0 N–H and O–H groups in total. The van der Waals surface area contributed by atoms with Crippen molar-refractivity contribution < 1.29 is 22.7 Å². The smallest absolute Gasteiger partial charge is 0.405 e.